The van der Waals surface area contributed by atoms with Gasteiger partial charge in [-0.15, -0.1) is 0 Å². The van der Waals surface area contributed by atoms with Gasteiger partial charge in [-0.25, -0.2) is 4.79 Å². The van der Waals surface area contributed by atoms with Crippen LogP contribution in [0.15, 0.2) is 30.3 Å². The second kappa shape index (κ2) is 9.80. The van der Waals surface area contributed by atoms with Crippen LogP contribution in [0, 0.1) is 0 Å². The molecular formula is C16H24N2O3. The number of hydrogen-bond donors (Lipinski definition) is 2. The maximum atomic E-state index is 11.9. The van der Waals surface area contributed by atoms with Crippen molar-refractivity contribution in [2.75, 3.05) is 13.6 Å². The number of unbranched alkanes of at least 4 members (excludes halogenated alkanes) is 3. The summed E-state index contributed by atoms with van der Waals surface area (Å²) in [4.78, 5) is 23.9. The van der Waals surface area contributed by atoms with Crippen molar-refractivity contribution in [1.82, 2.24) is 10.2 Å². The molecule has 21 heavy (non-hydrogen) atoms. The van der Waals surface area contributed by atoms with E-state index >= 15 is 0 Å². The fraction of sp³-hybridized carbons (Fsp3) is 0.500. The molecule has 0 aliphatic rings. The molecule has 0 bridgehead atoms. The van der Waals surface area contributed by atoms with Crippen LogP contribution in [0.4, 0.5) is 4.79 Å². The van der Waals surface area contributed by atoms with Crippen LogP contribution in [-0.2, 0) is 11.3 Å². The molecule has 0 unspecified atom stereocenters. The summed E-state index contributed by atoms with van der Waals surface area (Å²) < 4.78 is 0. The molecule has 5 heteroatoms. The lowest BCUT2D eigenvalue weighted by atomic mass is 10.1. The Labute approximate surface area is 126 Å². The van der Waals surface area contributed by atoms with Gasteiger partial charge in [-0.2, -0.15) is 0 Å². The standard InChI is InChI=1S/C16H24N2O3/c1-18(13-14-9-5-4-6-10-14)16(21)17-12-8-3-2-7-11-15(19)20/h4-6,9-10H,2-3,7-8,11-13H2,1H3,(H,17,21)(H,19,20). The highest BCUT2D eigenvalue weighted by atomic mass is 16.4. The highest BCUT2D eigenvalue weighted by Crippen LogP contribution is 2.04. The third-order valence-corrected chi connectivity index (χ3v) is 3.20. The van der Waals surface area contributed by atoms with Crippen LogP contribution in [-0.4, -0.2) is 35.6 Å². The van der Waals surface area contributed by atoms with E-state index in [1.54, 1.807) is 11.9 Å². The Balaban J connectivity index is 2.09. The Kier molecular flexibility index (Phi) is 7.94. The van der Waals surface area contributed by atoms with Gasteiger partial charge >= 0.3 is 12.0 Å². The lowest BCUT2D eigenvalue weighted by Gasteiger charge is -2.18. The number of carboxylic acid groups (broad SMARTS) is 1. The van der Waals surface area contributed by atoms with Crippen LogP contribution >= 0.6 is 0 Å². The first kappa shape index (κ1) is 17.0. The predicted molar refractivity (Wildman–Crippen MR) is 82.0 cm³/mol. The molecule has 0 saturated heterocycles. The van der Waals surface area contributed by atoms with E-state index in [4.69, 9.17) is 5.11 Å². The van der Waals surface area contributed by atoms with E-state index in [1.807, 2.05) is 30.3 Å². The minimum absolute atomic E-state index is 0.0793. The van der Waals surface area contributed by atoms with E-state index in [-0.39, 0.29) is 12.5 Å². The number of urea groups is 1. The van der Waals surface area contributed by atoms with Crippen molar-refractivity contribution in [3.63, 3.8) is 0 Å². The minimum Gasteiger partial charge on any atom is -0.481 e. The van der Waals surface area contributed by atoms with Gasteiger partial charge in [0.15, 0.2) is 0 Å². The van der Waals surface area contributed by atoms with Crippen molar-refractivity contribution < 1.29 is 14.7 Å². The van der Waals surface area contributed by atoms with Crippen molar-refractivity contribution in [1.29, 1.82) is 0 Å². The van der Waals surface area contributed by atoms with E-state index in [0.717, 1.165) is 24.8 Å². The van der Waals surface area contributed by atoms with E-state index < -0.39 is 5.97 Å². The molecule has 0 aliphatic carbocycles. The van der Waals surface area contributed by atoms with Gasteiger partial charge in [0.05, 0.1) is 0 Å². The summed E-state index contributed by atoms with van der Waals surface area (Å²) in [6, 6.07) is 9.77. The van der Waals surface area contributed by atoms with E-state index in [1.165, 1.54) is 0 Å². The summed E-state index contributed by atoms with van der Waals surface area (Å²) in [5.41, 5.74) is 1.10. The molecule has 0 aliphatic heterocycles. The monoisotopic (exact) mass is 292 g/mol. The Morgan fingerprint density at radius 2 is 1.76 bits per heavy atom. The molecule has 0 fully saturated rings. The van der Waals surface area contributed by atoms with Crippen LogP contribution in [0.3, 0.4) is 0 Å². The summed E-state index contributed by atoms with van der Waals surface area (Å²) >= 11 is 0. The van der Waals surface area contributed by atoms with Crippen LogP contribution in [0.2, 0.25) is 0 Å². The number of hydrogen-bond acceptors (Lipinski definition) is 2. The molecule has 1 aromatic carbocycles. The number of amides is 2. The Bertz CT molecular complexity index is 434. The normalized spacial score (nSPS) is 10.1. The summed E-state index contributed by atoms with van der Waals surface area (Å²) in [5, 5.41) is 11.4. The third-order valence-electron chi connectivity index (χ3n) is 3.20. The first-order valence-electron chi connectivity index (χ1n) is 7.34. The lowest BCUT2D eigenvalue weighted by molar-refractivity contribution is -0.137. The number of carbonyl (C=O) groups is 2. The lowest BCUT2D eigenvalue weighted by Crippen LogP contribution is -2.37. The number of benzene rings is 1. The van der Waals surface area contributed by atoms with Gasteiger partial charge in [-0.05, 0) is 18.4 Å². The first-order chi connectivity index (χ1) is 10.1. The molecule has 0 heterocycles. The number of rotatable bonds is 9. The Morgan fingerprint density at radius 3 is 2.43 bits per heavy atom. The highest BCUT2D eigenvalue weighted by molar-refractivity contribution is 5.73. The van der Waals surface area contributed by atoms with Gasteiger partial charge in [-0.3, -0.25) is 4.79 Å². The van der Waals surface area contributed by atoms with E-state index in [0.29, 0.717) is 19.5 Å². The average molecular weight is 292 g/mol. The molecule has 0 atom stereocenters. The number of carboxylic acids is 1. The van der Waals surface area contributed by atoms with Gasteiger partial charge in [0.25, 0.3) is 0 Å². The highest BCUT2D eigenvalue weighted by Gasteiger charge is 2.07. The van der Waals surface area contributed by atoms with Gasteiger partial charge in [0.1, 0.15) is 0 Å². The van der Waals surface area contributed by atoms with Crippen molar-refractivity contribution in [3.05, 3.63) is 35.9 Å². The SMILES string of the molecule is CN(Cc1ccccc1)C(=O)NCCCCCCC(=O)O. The van der Waals surface area contributed by atoms with Gasteiger partial charge in [0.2, 0.25) is 0 Å². The zero-order valence-corrected chi connectivity index (χ0v) is 12.5. The van der Waals surface area contributed by atoms with Gasteiger partial charge in [0, 0.05) is 26.6 Å². The second-order valence-electron chi connectivity index (χ2n) is 5.13. The smallest absolute Gasteiger partial charge is 0.317 e. The molecule has 1 aromatic rings. The summed E-state index contributed by atoms with van der Waals surface area (Å²) in [6.07, 6.45) is 3.64. The van der Waals surface area contributed by atoms with E-state index in [9.17, 15) is 9.59 Å². The maximum absolute atomic E-state index is 11.9. The zero-order valence-electron chi connectivity index (χ0n) is 12.5. The molecule has 1 rings (SSSR count). The van der Waals surface area contributed by atoms with Crippen LogP contribution in [0.25, 0.3) is 0 Å². The Hall–Kier alpha value is -2.04. The van der Waals surface area contributed by atoms with Gasteiger partial charge < -0.3 is 15.3 Å². The topological polar surface area (TPSA) is 69.6 Å². The molecule has 0 saturated carbocycles. The molecule has 2 N–H and O–H groups in total. The molecule has 5 nitrogen and oxygen atoms in total. The molecule has 0 radical (unpaired) electrons. The Morgan fingerprint density at radius 1 is 1.10 bits per heavy atom. The fourth-order valence-corrected chi connectivity index (χ4v) is 2.01. The minimum atomic E-state index is -0.745. The number of nitrogens with one attached hydrogen (secondary N) is 1. The van der Waals surface area contributed by atoms with E-state index in [2.05, 4.69) is 5.32 Å². The number of aliphatic carboxylic acids is 1. The largest absolute Gasteiger partial charge is 0.481 e. The van der Waals surface area contributed by atoms with Crippen LogP contribution in [0.5, 0.6) is 0 Å². The summed E-state index contributed by atoms with van der Waals surface area (Å²) in [6.45, 7) is 1.22. The van der Waals surface area contributed by atoms with Crippen molar-refractivity contribution >= 4 is 12.0 Å². The molecule has 2 amide bonds. The van der Waals surface area contributed by atoms with Crippen LogP contribution < -0.4 is 5.32 Å². The number of nitrogens with zero attached hydrogens (tertiary/aromatic N) is 1. The number of carbonyl (C=O) groups excluding carboxylic acids is 1. The van der Waals surface area contributed by atoms with Gasteiger partial charge in [-0.1, -0.05) is 43.2 Å². The second-order valence-corrected chi connectivity index (χ2v) is 5.13. The molecule has 116 valence electrons. The maximum Gasteiger partial charge on any atom is 0.317 e. The summed E-state index contributed by atoms with van der Waals surface area (Å²) in [5.74, 6) is -0.745. The zero-order chi connectivity index (χ0) is 15.5. The summed E-state index contributed by atoms with van der Waals surface area (Å²) in [7, 11) is 1.77. The quantitative estimate of drug-likeness (QED) is 0.688. The van der Waals surface area contributed by atoms with Crippen molar-refractivity contribution in [2.45, 2.75) is 38.6 Å². The molecular weight excluding hydrogens is 268 g/mol. The van der Waals surface area contributed by atoms with Crippen molar-refractivity contribution in [2.24, 2.45) is 0 Å². The molecule has 0 spiro atoms. The van der Waals surface area contributed by atoms with Crippen LogP contribution in [0.1, 0.15) is 37.7 Å². The molecule has 0 aromatic heterocycles. The average Bonchev–Trinajstić information content (AvgIpc) is 2.46. The first-order valence-corrected chi connectivity index (χ1v) is 7.34. The third kappa shape index (κ3) is 7.97. The van der Waals surface area contributed by atoms with Crippen molar-refractivity contribution in [3.8, 4) is 0 Å². The predicted octanol–water partition coefficient (Wildman–Crippen LogP) is 2.86. The fourth-order valence-electron chi connectivity index (χ4n) is 2.01.